The summed E-state index contributed by atoms with van der Waals surface area (Å²) in [6.07, 6.45) is 7.77. The molecule has 0 spiro atoms. The van der Waals surface area contributed by atoms with Gasteiger partial charge in [-0.15, -0.1) is 0 Å². The minimum atomic E-state index is 0.475. The highest BCUT2D eigenvalue weighted by Gasteiger charge is 2.27. The highest BCUT2D eigenvalue weighted by atomic mass is 32.1. The average molecular weight is 332 g/mol. The molecule has 3 rings (SSSR count). The molecule has 1 saturated heterocycles. The van der Waals surface area contributed by atoms with Crippen LogP contribution in [0.15, 0.2) is 30.3 Å². The third kappa shape index (κ3) is 4.67. The molecular formula is C19H29N3S. The van der Waals surface area contributed by atoms with Crippen LogP contribution in [-0.4, -0.2) is 35.2 Å². The van der Waals surface area contributed by atoms with Crippen LogP contribution in [0.25, 0.3) is 0 Å². The zero-order valence-electron chi connectivity index (χ0n) is 14.1. The van der Waals surface area contributed by atoms with Crippen molar-refractivity contribution in [2.75, 3.05) is 13.1 Å². The van der Waals surface area contributed by atoms with Crippen molar-refractivity contribution in [3.8, 4) is 0 Å². The third-order valence-corrected chi connectivity index (χ3v) is 5.56. The summed E-state index contributed by atoms with van der Waals surface area (Å²) in [7, 11) is 0. The van der Waals surface area contributed by atoms with Crippen LogP contribution in [0.4, 0.5) is 0 Å². The van der Waals surface area contributed by atoms with E-state index in [0.29, 0.717) is 18.1 Å². The monoisotopic (exact) mass is 331 g/mol. The van der Waals surface area contributed by atoms with E-state index in [9.17, 15) is 0 Å². The van der Waals surface area contributed by atoms with E-state index in [-0.39, 0.29) is 0 Å². The number of rotatable bonds is 4. The van der Waals surface area contributed by atoms with Crippen LogP contribution in [0.1, 0.15) is 57.1 Å². The van der Waals surface area contributed by atoms with Crippen LogP contribution in [0.5, 0.6) is 0 Å². The van der Waals surface area contributed by atoms with Crippen LogP contribution in [0, 0.1) is 0 Å². The van der Waals surface area contributed by atoms with Gasteiger partial charge in [-0.3, -0.25) is 4.90 Å². The minimum Gasteiger partial charge on any atom is -0.360 e. The van der Waals surface area contributed by atoms with Crippen LogP contribution in [0.2, 0.25) is 0 Å². The largest absolute Gasteiger partial charge is 0.360 e. The fourth-order valence-electron chi connectivity index (χ4n) is 3.86. The van der Waals surface area contributed by atoms with E-state index in [1.54, 1.807) is 0 Å². The summed E-state index contributed by atoms with van der Waals surface area (Å²) in [6.45, 7) is 4.51. The smallest absolute Gasteiger partial charge is 0.166 e. The van der Waals surface area contributed by atoms with E-state index in [2.05, 4.69) is 52.8 Å². The molecule has 0 aromatic heterocycles. The molecule has 2 atom stereocenters. The topological polar surface area (TPSA) is 27.3 Å². The lowest BCUT2D eigenvalue weighted by Crippen LogP contribution is -2.47. The fourth-order valence-corrected chi connectivity index (χ4v) is 4.19. The number of hydrogen-bond acceptors (Lipinski definition) is 2. The lowest BCUT2D eigenvalue weighted by Gasteiger charge is -2.27. The predicted molar refractivity (Wildman–Crippen MR) is 101 cm³/mol. The molecule has 2 fully saturated rings. The Morgan fingerprint density at radius 1 is 1.04 bits per heavy atom. The molecule has 1 aromatic carbocycles. The molecule has 1 aromatic rings. The first kappa shape index (κ1) is 16.7. The van der Waals surface area contributed by atoms with Gasteiger partial charge in [-0.05, 0) is 44.0 Å². The maximum absolute atomic E-state index is 5.53. The Bertz CT molecular complexity index is 499. The van der Waals surface area contributed by atoms with Crippen molar-refractivity contribution in [3.63, 3.8) is 0 Å². The number of thiocarbonyl (C=S) groups is 1. The van der Waals surface area contributed by atoms with E-state index in [1.165, 1.54) is 44.1 Å². The van der Waals surface area contributed by atoms with Crippen molar-refractivity contribution in [1.29, 1.82) is 0 Å². The highest BCUT2D eigenvalue weighted by Crippen LogP contribution is 2.24. The molecule has 0 radical (unpaired) electrons. The first-order valence-corrected chi connectivity index (χ1v) is 9.49. The minimum absolute atomic E-state index is 0.475. The Morgan fingerprint density at radius 3 is 2.48 bits per heavy atom. The van der Waals surface area contributed by atoms with E-state index < -0.39 is 0 Å². The van der Waals surface area contributed by atoms with E-state index in [1.807, 2.05) is 0 Å². The third-order valence-electron chi connectivity index (χ3n) is 5.32. The molecule has 1 aliphatic heterocycles. The number of nitrogens with one attached hydrogen (secondary N) is 2. The molecule has 2 aliphatic rings. The van der Waals surface area contributed by atoms with Crippen molar-refractivity contribution in [2.24, 2.45) is 0 Å². The number of likely N-dealkylation sites (tertiary alicyclic amines) is 1. The molecule has 0 amide bonds. The van der Waals surface area contributed by atoms with Gasteiger partial charge in [0.2, 0.25) is 0 Å². The molecular weight excluding hydrogens is 302 g/mol. The molecule has 1 saturated carbocycles. The zero-order valence-corrected chi connectivity index (χ0v) is 14.9. The summed E-state index contributed by atoms with van der Waals surface area (Å²) in [6, 6.07) is 12.3. The van der Waals surface area contributed by atoms with Crippen molar-refractivity contribution >= 4 is 17.3 Å². The maximum Gasteiger partial charge on any atom is 0.166 e. The number of hydrogen-bond donors (Lipinski definition) is 2. The van der Waals surface area contributed by atoms with Gasteiger partial charge >= 0.3 is 0 Å². The molecule has 0 bridgehead atoms. The van der Waals surface area contributed by atoms with Gasteiger partial charge in [-0.2, -0.15) is 0 Å². The molecule has 4 heteroatoms. The molecule has 3 nitrogen and oxygen atoms in total. The Morgan fingerprint density at radius 2 is 1.74 bits per heavy atom. The van der Waals surface area contributed by atoms with E-state index >= 15 is 0 Å². The first-order valence-electron chi connectivity index (χ1n) is 9.08. The summed E-state index contributed by atoms with van der Waals surface area (Å²) >= 11 is 5.53. The molecule has 1 aliphatic carbocycles. The van der Waals surface area contributed by atoms with Gasteiger partial charge in [0.1, 0.15) is 0 Å². The van der Waals surface area contributed by atoms with Gasteiger partial charge in [0, 0.05) is 31.2 Å². The highest BCUT2D eigenvalue weighted by molar-refractivity contribution is 7.80. The Kier molecular flexibility index (Phi) is 5.90. The van der Waals surface area contributed by atoms with Crippen LogP contribution < -0.4 is 10.6 Å². The lowest BCUT2D eigenvalue weighted by molar-refractivity contribution is 0.258. The Hall–Kier alpha value is -1.13. The lowest BCUT2D eigenvalue weighted by atomic mass is 9.96. The maximum atomic E-state index is 5.53. The van der Waals surface area contributed by atoms with Crippen molar-refractivity contribution in [1.82, 2.24) is 15.5 Å². The van der Waals surface area contributed by atoms with Gasteiger partial charge in [-0.1, -0.05) is 49.6 Å². The van der Waals surface area contributed by atoms with Gasteiger partial charge in [0.15, 0.2) is 5.11 Å². The van der Waals surface area contributed by atoms with Crippen molar-refractivity contribution in [3.05, 3.63) is 35.9 Å². The van der Waals surface area contributed by atoms with Crippen LogP contribution in [0.3, 0.4) is 0 Å². The second-order valence-corrected chi connectivity index (χ2v) is 7.43. The molecule has 1 heterocycles. The molecule has 2 unspecified atom stereocenters. The normalized spacial score (nSPS) is 24.3. The van der Waals surface area contributed by atoms with Gasteiger partial charge in [0.05, 0.1) is 0 Å². The molecule has 2 N–H and O–H groups in total. The van der Waals surface area contributed by atoms with Gasteiger partial charge in [0.25, 0.3) is 0 Å². The van der Waals surface area contributed by atoms with Crippen molar-refractivity contribution < 1.29 is 0 Å². The second-order valence-electron chi connectivity index (χ2n) is 7.02. The summed E-state index contributed by atoms with van der Waals surface area (Å²) in [5.74, 6) is 0. The summed E-state index contributed by atoms with van der Waals surface area (Å²) in [5.41, 5.74) is 1.40. The van der Waals surface area contributed by atoms with E-state index in [4.69, 9.17) is 12.2 Å². The predicted octanol–water partition coefficient (Wildman–Crippen LogP) is 3.62. The fraction of sp³-hybridized carbons (Fsp3) is 0.632. The van der Waals surface area contributed by atoms with Gasteiger partial charge in [-0.25, -0.2) is 0 Å². The van der Waals surface area contributed by atoms with Crippen LogP contribution >= 0.6 is 12.2 Å². The Balaban J connectivity index is 1.45. The molecule has 23 heavy (non-hydrogen) atoms. The summed E-state index contributed by atoms with van der Waals surface area (Å²) in [5, 5.41) is 7.92. The van der Waals surface area contributed by atoms with Gasteiger partial charge < -0.3 is 10.6 Å². The standard InChI is InChI=1S/C19H29N3S/c1-15(16-8-4-2-5-9-16)22-13-12-18(14-22)21-19(23)20-17-10-6-3-7-11-17/h2,4-5,8-9,15,17-18H,3,6-7,10-14H2,1H3,(H2,20,21,23). The second kappa shape index (κ2) is 8.11. The average Bonchev–Trinajstić information content (AvgIpc) is 3.04. The SMILES string of the molecule is CC(c1ccccc1)N1CCC(NC(=S)NC2CCCCC2)C1. The zero-order chi connectivity index (χ0) is 16.1. The van der Waals surface area contributed by atoms with E-state index in [0.717, 1.165) is 18.2 Å². The number of benzene rings is 1. The number of nitrogens with zero attached hydrogens (tertiary/aromatic N) is 1. The summed E-state index contributed by atoms with van der Waals surface area (Å²) in [4.78, 5) is 2.55. The van der Waals surface area contributed by atoms with Crippen LogP contribution in [-0.2, 0) is 0 Å². The van der Waals surface area contributed by atoms with Crippen molar-refractivity contribution in [2.45, 2.75) is 63.6 Å². The molecule has 126 valence electrons. The Labute approximate surface area is 145 Å². The summed E-state index contributed by atoms with van der Waals surface area (Å²) < 4.78 is 0. The first-order chi connectivity index (χ1) is 11.2. The quantitative estimate of drug-likeness (QED) is 0.824.